The van der Waals surface area contributed by atoms with Gasteiger partial charge in [0.25, 0.3) is 0 Å². The number of methoxy groups -OCH3 is 1. The van der Waals surface area contributed by atoms with Gasteiger partial charge in [-0.05, 0) is 23.9 Å². The number of pyridine rings is 1. The number of thiophene rings is 1. The molecule has 0 fully saturated rings. The van der Waals surface area contributed by atoms with E-state index < -0.39 is 0 Å². The maximum Gasteiger partial charge on any atom is 0.340 e. The molecule has 0 saturated heterocycles. The predicted octanol–water partition coefficient (Wildman–Crippen LogP) is 4.07. The highest BCUT2D eigenvalue weighted by atomic mass is 32.1. The van der Waals surface area contributed by atoms with Gasteiger partial charge in [0.2, 0.25) is 0 Å². The Morgan fingerprint density at radius 1 is 1.17 bits per heavy atom. The van der Waals surface area contributed by atoms with Crippen LogP contribution in [0.25, 0.3) is 21.3 Å². The minimum atomic E-state index is -0.362. The first-order chi connectivity index (χ1) is 11.2. The van der Waals surface area contributed by atoms with Crippen LogP contribution in [0, 0.1) is 6.92 Å². The van der Waals surface area contributed by atoms with E-state index in [-0.39, 0.29) is 12.6 Å². The van der Waals surface area contributed by atoms with Crippen LogP contribution in [0.15, 0.2) is 41.8 Å². The van der Waals surface area contributed by atoms with Crippen molar-refractivity contribution >= 4 is 27.5 Å². The summed E-state index contributed by atoms with van der Waals surface area (Å²) in [5.41, 5.74) is 3.08. The van der Waals surface area contributed by atoms with Gasteiger partial charge in [0.1, 0.15) is 11.4 Å². The van der Waals surface area contributed by atoms with Crippen molar-refractivity contribution in [2.75, 3.05) is 20.3 Å². The molecule has 0 aliphatic rings. The molecule has 2 aromatic heterocycles. The van der Waals surface area contributed by atoms with E-state index in [1.807, 2.05) is 48.7 Å². The van der Waals surface area contributed by atoms with E-state index >= 15 is 0 Å². The Morgan fingerprint density at radius 3 is 2.70 bits per heavy atom. The summed E-state index contributed by atoms with van der Waals surface area (Å²) in [6.07, 6.45) is 0. The highest BCUT2D eigenvalue weighted by Gasteiger charge is 2.21. The van der Waals surface area contributed by atoms with Crippen LogP contribution in [0.1, 0.15) is 16.1 Å². The Bertz CT molecular complexity index is 827. The van der Waals surface area contributed by atoms with Crippen LogP contribution in [0.5, 0.6) is 0 Å². The Kier molecular flexibility index (Phi) is 4.69. The summed E-state index contributed by atoms with van der Waals surface area (Å²) in [6.45, 7) is 2.45. The zero-order chi connectivity index (χ0) is 16.2. The number of rotatable bonds is 5. The number of hydrogen-bond acceptors (Lipinski definition) is 5. The van der Waals surface area contributed by atoms with Crippen LogP contribution in [-0.2, 0) is 9.47 Å². The topological polar surface area (TPSA) is 48.4 Å². The molecule has 1 aromatic carbocycles. The molecule has 0 amide bonds. The molecule has 0 atom stereocenters. The number of ether oxygens (including phenoxy) is 2. The zero-order valence-corrected chi connectivity index (χ0v) is 13.9. The van der Waals surface area contributed by atoms with Crippen LogP contribution in [-0.4, -0.2) is 31.3 Å². The fourth-order valence-corrected chi connectivity index (χ4v) is 3.37. The Balaban J connectivity index is 2.16. The molecule has 3 aromatic rings. The van der Waals surface area contributed by atoms with Gasteiger partial charge in [-0.15, -0.1) is 11.3 Å². The lowest BCUT2D eigenvalue weighted by Gasteiger charge is -2.13. The van der Waals surface area contributed by atoms with Crippen molar-refractivity contribution < 1.29 is 14.3 Å². The summed E-state index contributed by atoms with van der Waals surface area (Å²) in [6, 6.07) is 11.9. The average Bonchev–Trinajstić information content (AvgIpc) is 3.02. The Labute approximate surface area is 138 Å². The van der Waals surface area contributed by atoms with Crippen LogP contribution >= 0.6 is 11.3 Å². The van der Waals surface area contributed by atoms with Crippen LogP contribution in [0.4, 0.5) is 0 Å². The molecule has 2 heterocycles. The normalized spacial score (nSPS) is 10.9. The van der Waals surface area contributed by atoms with Gasteiger partial charge in [-0.25, -0.2) is 9.78 Å². The summed E-state index contributed by atoms with van der Waals surface area (Å²) in [5.74, 6) is -0.362. The summed E-state index contributed by atoms with van der Waals surface area (Å²) < 4.78 is 10.3. The number of aryl methyl sites for hydroxylation is 1. The van der Waals surface area contributed by atoms with Crippen molar-refractivity contribution in [3.05, 3.63) is 53.0 Å². The first-order valence-electron chi connectivity index (χ1n) is 7.31. The molecular formula is C18H17NO3S. The average molecular weight is 327 g/mol. The lowest BCUT2D eigenvalue weighted by molar-refractivity contribution is 0.0388. The zero-order valence-electron chi connectivity index (χ0n) is 13.0. The second kappa shape index (κ2) is 6.89. The highest BCUT2D eigenvalue weighted by Crippen LogP contribution is 2.35. The lowest BCUT2D eigenvalue weighted by atomic mass is 9.96. The number of nitrogens with zero attached hydrogens (tertiary/aromatic N) is 1. The third kappa shape index (κ3) is 3.11. The molecule has 5 heteroatoms. The van der Waals surface area contributed by atoms with Gasteiger partial charge in [0.15, 0.2) is 0 Å². The fourth-order valence-electron chi connectivity index (χ4n) is 2.55. The maximum absolute atomic E-state index is 12.6. The van der Waals surface area contributed by atoms with Gasteiger partial charge in [-0.3, -0.25) is 0 Å². The number of carbonyl (C=O) groups excluding carboxylic acids is 1. The quantitative estimate of drug-likeness (QED) is 0.523. The number of fused-ring (bicyclic) bond motifs is 1. The first-order valence-corrected chi connectivity index (χ1v) is 8.19. The summed E-state index contributed by atoms with van der Waals surface area (Å²) >= 11 is 1.57. The van der Waals surface area contributed by atoms with Crippen molar-refractivity contribution in [2.45, 2.75) is 6.92 Å². The van der Waals surface area contributed by atoms with Crippen molar-refractivity contribution in [2.24, 2.45) is 0 Å². The minimum absolute atomic E-state index is 0.227. The van der Waals surface area contributed by atoms with Gasteiger partial charge in [-0.1, -0.05) is 30.3 Å². The fraction of sp³-hybridized carbons (Fsp3) is 0.222. The minimum Gasteiger partial charge on any atom is -0.460 e. The molecule has 23 heavy (non-hydrogen) atoms. The molecule has 0 bridgehead atoms. The largest absolute Gasteiger partial charge is 0.460 e. The second-order valence-corrected chi connectivity index (χ2v) is 5.98. The molecular weight excluding hydrogens is 310 g/mol. The summed E-state index contributed by atoms with van der Waals surface area (Å²) in [5, 5.41) is 2.97. The van der Waals surface area contributed by atoms with Crippen LogP contribution < -0.4 is 0 Å². The lowest BCUT2D eigenvalue weighted by Crippen LogP contribution is -2.13. The van der Waals surface area contributed by atoms with Crippen molar-refractivity contribution in [3.63, 3.8) is 0 Å². The molecule has 0 unspecified atom stereocenters. The number of benzene rings is 1. The molecule has 118 valence electrons. The number of carbonyl (C=O) groups is 1. The van der Waals surface area contributed by atoms with Gasteiger partial charge in [-0.2, -0.15) is 0 Å². The standard InChI is InChI=1S/C18H17NO3S/c1-12-15(18(20)22-10-9-21-2)16(13-6-4-3-5-7-13)14-8-11-23-17(14)19-12/h3-8,11H,9-10H2,1-2H3. The summed E-state index contributed by atoms with van der Waals surface area (Å²) in [4.78, 5) is 18.1. The third-order valence-corrected chi connectivity index (χ3v) is 4.39. The van der Waals surface area contributed by atoms with Gasteiger partial charge >= 0.3 is 5.97 Å². The van der Waals surface area contributed by atoms with E-state index in [4.69, 9.17) is 9.47 Å². The van der Waals surface area contributed by atoms with Crippen molar-refractivity contribution in [1.82, 2.24) is 4.98 Å². The molecule has 0 aliphatic carbocycles. The monoisotopic (exact) mass is 327 g/mol. The van der Waals surface area contributed by atoms with E-state index in [1.54, 1.807) is 18.4 Å². The summed E-state index contributed by atoms with van der Waals surface area (Å²) in [7, 11) is 1.58. The highest BCUT2D eigenvalue weighted by molar-refractivity contribution is 7.16. The molecule has 0 radical (unpaired) electrons. The van der Waals surface area contributed by atoms with Gasteiger partial charge in [0.05, 0.1) is 17.9 Å². The van der Waals surface area contributed by atoms with E-state index in [9.17, 15) is 4.79 Å². The molecule has 0 N–H and O–H groups in total. The Hall–Kier alpha value is -2.24. The first kappa shape index (κ1) is 15.6. The molecule has 0 spiro atoms. The molecule has 0 saturated carbocycles. The smallest absolute Gasteiger partial charge is 0.340 e. The van der Waals surface area contributed by atoms with Crippen LogP contribution in [0.3, 0.4) is 0 Å². The van der Waals surface area contributed by atoms with Crippen LogP contribution in [0.2, 0.25) is 0 Å². The third-order valence-electron chi connectivity index (χ3n) is 3.58. The van der Waals surface area contributed by atoms with Crippen molar-refractivity contribution in [1.29, 1.82) is 0 Å². The van der Waals surface area contributed by atoms with Gasteiger partial charge < -0.3 is 9.47 Å². The number of esters is 1. The number of aromatic nitrogens is 1. The van der Waals surface area contributed by atoms with E-state index in [0.29, 0.717) is 17.9 Å². The number of hydrogen-bond donors (Lipinski definition) is 0. The SMILES string of the molecule is COCCOC(=O)c1c(C)nc2sccc2c1-c1ccccc1. The van der Waals surface area contributed by atoms with E-state index in [1.165, 1.54) is 0 Å². The predicted molar refractivity (Wildman–Crippen MR) is 92.0 cm³/mol. The molecule has 0 aliphatic heterocycles. The Morgan fingerprint density at radius 2 is 1.96 bits per heavy atom. The molecule has 3 rings (SSSR count). The van der Waals surface area contributed by atoms with Gasteiger partial charge in [0, 0.05) is 18.1 Å². The van der Waals surface area contributed by atoms with Crippen molar-refractivity contribution in [3.8, 4) is 11.1 Å². The van der Waals surface area contributed by atoms with E-state index in [0.717, 1.165) is 21.3 Å². The second-order valence-electron chi connectivity index (χ2n) is 5.08. The maximum atomic E-state index is 12.6. The van der Waals surface area contributed by atoms with E-state index in [2.05, 4.69) is 4.98 Å². The molecule has 4 nitrogen and oxygen atoms in total.